The zero-order valence-corrected chi connectivity index (χ0v) is 46.3. The predicted molar refractivity (Wildman–Crippen MR) is 291 cm³/mol. The Morgan fingerprint density at radius 2 is 0.851 bits per heavy atom. The molecular weight excluding hydrogens is 852 g/mol. The number of carbonyl (C=O) groups is 1. The number of aliphatic hydroxyl groups is 1. The Hall–Kier alpha value is -1.02. The van der Waals surface area contributed by atoms with E-state index in [0.29, 0.717) is 23.9 Å². The minimum absolute atomic E-state index is 0.0769. The maximum absolute atomic E-state index is 12.9. The van der Waals surface area contributed by atoms with Crippen LogP contribution in [0.4, 0.5) is 0 Å². The molecule has 0 heterocycles. The van der Waals surface area contributed by atoms with Gasteiger partial charge in [-0.1, -0.05) is 263 Å². The van der Waals surface area contributed by atoms with E-state index < -0.39 is 20.0 Å². The van der Waals surface area contributed by atoms with E-state index in [2.05, 4.69) is 43.5 Å². The zero-order chi connectivity index (χ0) is 49.2. The van der Waals surface area contributed by atoms with Gasteiger partial charge in [0.2, 0.25) is 5.91 Å². The topological polar surface area (TPSA) is 105 Å². The number of hydrogen-bond donors (Lipinski definition) is 3. The van der Waals surface area contributed by atoms with E-state index in [1.165, 1.54) is 218 Å². The highest BCUT2D eigenvalue weighted by Crippen LogP contribution is 2.43. The molecule has 0 aliphatic heterocycles. The number of nitrogens with zero attached hydrogens (tertiary/aromatic N) is 1. The van der Waals surface area contributed by atoms with Gasteiger partial charge in [0.05, 0.1) is 39.9 Å². The lowest BCUT2D eigenvalue weighted by molar-refractivity contribution is -0.870. The van der Waals surface area contributed by atoms with Gasteiger partial charge in [0.15, 0.2) is 0 Å². The number of quaternary nitrogens is 1. The van der Waals surface area contributed by atoms with E-state index in [0.717, 1.165) is 44.9 Å². The summed E-state index contributed by atoms with van der Waals surface area (Å²) < 4.78 is 23.6. The average molecular weight is 969 g/mol. The summed E-state index contributed by atoms with van der Waals surface area (Å²) >= 11 is 0. The van der Waals surface area contributed by atoms with Crippen molar-refractivity contribution >= 4 is 13.7 Å². The third kappa shape index (κ3) is 52.6. The molecule has 67 heavy (non-hydrogen) atoms. The van der Waals surface area contributed by atoms with Gasteiger partial charge in [0.1, 0.15) is 13.2 Å². The smallest absolute Gasteiger partial charge is 0.391 e. The first-order valence-corrected chi connectivity index (χ1v) is 30.7. The largest absolute Gasteiger partial charge is 0.472 e. The Kier molecular flexibility index (Phi) is 49.2. The molecule has 0 saturated heterocycles. The number of nitrogens with one attached hydrogen (secondary N) is 1. The average Bonchev–Trinajstić information content (AvgIpc) is 3.29. The van der Waals surface area contributed by atoms with Crippen LogP contribution in [-0.2, 0) is 18.4 Å². The van der Waals surface area contributed by atoms with Gasteiger partial charge in [0, 0.05) is 6.42 Å². The second-order valence-electron chi connectivity index (χ2n) is 21.4. The van der Waals surface area contributed by atoms with Crippen LogP contribution in [0.2, 0.25) is 0 Å². The maximum Gasteiger partial charge on any atom is 0.472 e. The van der Waals surface area contributed by atoms with Gasteiger partial charge in [-0.25, -0.2) is 4.57 Å². The molecule has 0 aliphatic rings. The number of likely N-dealkylation sites (N-methyl/N-ethyl adjacent to an activating group) is 1. The fourth-order valence-electron chi connectivity index (χ4n) is 8.84. The standard InChI is InChI=1S/C58H115N2O6P/c1-6-8-10-12-14-16-17-18-19-20-21-22-23-24-25-26-27-28-29-30-31-32-33-34-35-36-37-38-39-40-41-42-43-44-46-48-50-52-58(62)59-56(55-66-67(63,64)65-54-53-60(3,4)5)57(61)51-49-47-45-15-13-11-9-7-2/h17-18,20-21,56-57,61H,6-16,19,22-55H2,1-5H3,(H-,59,62,63,64)/p+1/b18-17-,21-20-. The molecule has 3 atom stereocenters. The van der Waals surface area contributed by atoms with Crippen LogP contribution in [0.1, 0.15) is 290 Å². The lowest BCUT2D eigenvalue weighted by Gasteiger charge is -2.26. The van der Waals surface area contributed by atoms with E-state index in [1.54, 1.807) is 0 Å². The normalized spacial score (nSPS) is 14.1. The molecule has 0 rings (SSSR count). The molecule has 3 N–H and O–H groups in total. The van der Waals surface area contributed by atoms with Gasteiger partial charge < -0.3 is 19.8 Å². The number of aliphatic hydroxyl groups excluding tert-OH is 1. The molecule has 3 unspecified atom stereocenters. The zero-order valence-electron chi connectivity index (χ0n) is 45.4. The Balaban J connectivity index is 3.77. The van der Waals surface area contributed by atoms with Crippen LogP contribution in [0, 0.1) is 0 Å². The molecule has 1 amide bonds. The number of phosphoric acid groups is 1. The summed E-state index contributed by atoms with van der Waals surface area (Å²) in [5.41, 5.74) is 0. The first-order chi connectivity index (χ1) is 32.5. The van der Waals surface area contributed by atoms with Gasteiger partial charge in [-0.2, -0.15) is 0 Å². The lowest BCUT2D eigenvalue weighted by Crippen LogP contribution is -2.46. The van der Waals surface area contributed by atoms with Crippen LogP contribution in [0.3, 0.4) is 0 Å². The number of carbonyl (C=O) groups excluding carboxylic acids is 1. The van der Waals surface area contributed by atoms with Gasteiger partial charge in [-0.3, -0.25) is 13.8 Å². The number of hydrogen-bond acceptors (Lipinski definition) is 5. The van der Waals surface area contributed by atoms with Crippen LogP contribution in [0.25, 0.3) is 0 Å². The third-order valence-electron chi connectivity index (χ3n) is 13.5. The minimum atomic E-state index is -4.31. The summed E-state index contributed by atoms with van der Waals surface area (Å²) in [5.74, 6) is -0.142. The highest BCUT2D eigenvalue weighted by atomic mass is 31.2. The van der Waals surface area contributed by atoms with Gasteiger partial charge in [0.25, 0.3) is 0 Å². The van der Waals surface area contributed by atoms with Crippen molar-refractivity contribution in [3.05, 3.63) is 24.3 Å². The summed E-state index contributed by atoms with van der Waals surface area (Å²) in [4.78, 5) is 23.2. The van der Waals surface area contributed by atoms with E-state index in [1.807, 2.05) is 21.1 Å². The van der Waals surface area contributed by atoms with Gasteiger partial charge in [-0.05, 0) is 44.9 Å². The monoisotopic (exact) mass is 968 g/mol. The molecular formula is C58H116N2O6P+. The molecule has 0 aromatic carbocycles. The number of rotatable bonds is 54. The van der Waals surface area contributed by atoms with E-state index in [4.69, 9.17) is 9.05 Å². The first-order valence-electron chi connectivity index (χ1n) is 29.2. The molecule has 0 bridgehead atoms. The molecule has 9 heteroatoms. The van der Waals surface area contributed by atoms with Crippen LogP contribution >= 0.6 is 7.82 Å². The molecule has 0 fully saturated rings. The number of allylic oxidation sites excluding steroid dienone is 4. The summed E-state index contributed by atoms with van der Waals surface area (Å²) in [6.07, 6.45) is 62.8. The quantitative estimate of drug-likeness (QED) is 0.0243. The Labute approximate surface area is 417 Å². The van der Waals surface area contributed by atoms with Crippen molar-refractivity contribution in [2.45, 2.75) is 302 Å². The van der Waals surface area contributed by atoms with Crippen molar-refractivity contribution in [1.29, 1.82) is 0 Å². The maximum atomic E-state index is 12.9. The fraction of sp³-hybridized carbons (Fsp3) is 0.914. The van der Waals surface area contributed by atoms with Crippen LogP contribution in [0.15, 0.2) is 24.3 Å². The second kappa shape index (κ2) is 49.9. The van der Waals surface area contributed by atoms with Crippen molar-refractivity contribution in [3.8, 4) is 0 Å². The van der Waals surface area contributed by atoms with E-state index in [9.17, 15) is 19.4 Å². The second-order valence-corrected chi connectivity index (χ2v) is 22.8. The summed E-state index contributed by atoms with van der Waals surface area (Å²) in [6.45, 7) is 4.87. The first kappa shape index (κ1) is 66.0. The van der Waals surface area contributed by atoms with Gasteiger partial charge >= 0.3 is 7.82 Å². The van der Waals surface area contributed by atoms with Crippen molar-refractivity contribution in [1.82, 2.24) is 5.32 Å². The Bertz CT molecular complexity index is 1140. The number of phosphoric ester groups is 1. The number of amides is 1. The van der Waals surface area contributed by atoms with Crippen molar-refractivity contribution in [2.24, 2.45) is 0 Å². The summed E-state index contributed by atoms with van der Waals surface area (Å²) in [7, 11) is 1.63. The van der Waals surface area contributed by atoms with E-state index >= 15 is 0 Å². The van der Waals surface area contributed by atoms with Crippen LogP contribution in [-0.4, -0.2) is 73.4 Å². The molecule has 0 aliphatic carbocycles. The SMILES string of the molecule is CCCCCCC/C=C\C/C=C\CCCCCCCCCCCCCCCCCCCCCCCCCCCC(=O)NC(COP(=O)(O)OCC[N+](C)(C)C)C(O)CCCCCCCCCC. The van der Waals surface area contributed by atoms with Crippen molar-refractivity contribution < 1.29 is 32.9 Å². The molecule has 0 spiro atoms. The Morgan fingerprint density at radius 1 is 0.507 bits per heavy atom. The lowest BCUT2D eigenvalue weighted by atomic mass is 10.0. The van der Waals surface area contributed by atoms with Crippen molar-refractivity contribution in [2.75, 3.05) is 40.9 Å². The number of unbranched alkanes of at least 4 members (excludes halogenated alkanes) is 37. The molecule has 398 valence electrons. The molecule has 0 aromatic rings. The summed E-state index contributed by atoms with van der Waals surface area (Å²) in [5, 5.41) is 13.9. The Morgan fingerprint density at radius 3 is 1.22 bits per heavy atom. The molecule has 0 aromatic heterocycles. The minimum Gasteiger partial charge on any atom is -0.391 e. The van der Waals surface area contributed by atoms with Crippen molar-refractivity contribution in [3.63, 3.8) is 0 Å². The van der Waals surface area contributed by atoms with E-state index in [-0.39, 0.29) is 19.1 Å². The molecule has 0 saturated carbocycles. The third-order valence-corrected chi connectivity index (χ3v) is 14.4. The highest BCUT2D eigenvalue weighted by molar-refractivity contribution is 7.47. The van der Waals surface area contributed by atoms with Crippen LogP contribution < -0.4 is 5.32 Å². The fourth-order valence-corrected chi connectivity index (χ4v) is 9.58. The van der Waals surface area contributed by atoms with Gasteiger partial charge in [-0.15, -0.1) is 0 Å². The highest BCUT2D eigenvalue weighted by Gasteiger charge is 2.28. The summed E-state index contributed by atoms with van der Waals surface area (Å²) in [6, 6.07) is -0.754. The predicted octanol–water partition coefficient (Wildman–Crippen LogP) is 17.6. The molecule has 8 nitrogen and oxygen atoms in total. The van der Waals surface area contributed by atoms with Crippen LogP contribution in [0.5, 0.6) is 0 Å². The molecule has 0 radical (unpaired) electrons.